The van der Waals surface area contributed by atoms with Crippen LogP contribution >= 0.6 is 0 Å². The van der Waals surface area contributed by atoms with Crippen molar-refractivity contribution in [1.29, 1.82) is 0 Å². The average Bonchev–Trinajstić information content (AvgIpc) is 2.31. The lowest BCUT2D eigenvalue weighted by molar-refractivity contribution is -0.115. The highest BCUT2D eigenvalue weighted by Crippen LogP contribution is 2.11. The summed E-state index contributed by atoms with van der Waals surface area (Å²) < 4.78 is 5.08. The summed E-state index contributed by atoms with van der Waals surface area (Å²) in [6.45, 7) is 0. The molecule has 1 amide bonds. The van der Waals surface area contributed by atoms with Gasteiger partial charge in [0.1, 0.15) is 0 Å². The van der Waals surface area contributed by atoms with E-state index >= 15 is 0 Å². The summed E-state index contributed by atoms with van der Waals surface area (Å²) in [4.78, 5) is 11.6. The van der Waals surface area contributed by atoms with E-state index in [2.05, 4.69) is 5.32 Å². The second kappa shape index (κ2) is 4.46. The molecular formula is C12H11NO2. The molecule has 0 radical (unpaired) electrons. The third-order valence-corrected chi connectivity index (χ3v) is 1.99. The van der Waals surface area contributed by atoms with Crippen molar-refractivity contribution in [2.45, 2.75) is 6.42 Å². The van der Waals surface area contributed by atoms with Crippen molar-refractivity contribution in [3.63, 3.8) is 0 Å². The van der Waals surface area contributed by atoms with E-state index in [4.69, 9.17) is 4.74 Å². The second-order valence-electron chi connectivity index (χ2n) is 3.11. The van der Waals surface area contributed by atoms with Crippen LogP contribution in [-0.2, 0) is 9.53 Å². The first-order chi connectivity index (χ1) is 7.36. The molecule has 0 bridgehead atoms. The number of anilines is 1. The molecule has 2 rings (SSSR count). The number of carbonyl (C=O) groups is 1. The van der Waals surface area contributed by atoms with Gasteiger partial charge in [-0.2, -0.15) is 0 Å². The van der Waals surface area contributed by atoms with Gasteiger partial charge in [0.15, 0.2) is 5.76 Å². The molecule has 1 aliphatic rings. The third-order valence-electron chi connectivity index (χ3n) is 1.99. The highest BCUT2D eigenvalue weighted by Gasteiger charge is 2.11. The molecule has 0 saturated heterocycles. The molecular weight excluding hydrogens is 190 g/mol. The Kier molecular flexibility index (Phi) is 2.83. The molecule has 1 aliphatic heterocycles. The van der Waals surface area contributed by atoms with Gasteiger partial charge in [-0.05, 0) is 30.7 Å². The highest BCUT2D eigenvalue weighted by molar-refractivity contribution is 6.02. The number of hydrogen-bond acceptors (Lipinski definition) is 2. The Labute approximate surface area is 88.1 Å². The second-order valence-corrected chi connectivity index (χ2v) is 3.11. The normalized spacial score (nSPS) is 14.0. The van der Waals surface area contributed by atoms with Crippen molar-refractivity contribution in [2.24, 2.45) is 0 Å². The first kappa shape index (κ1) is 9.52. The van der Waals surface area contributed by atoms with Crippen LogP contribution in [0.2, 0.25) is 0 Å². The van der Waals surface area contributed by atoms with E-state index in [-0.39, 0.29) is 5.91 Å². The lowest BCUT2D eigenvalue weighted by Crippen LogP contribution is -2.16. The molecule has 1 aromatic carbocycles. The van der Waals surface area contributed by atoms with Crippen molar-refractivity contribution >= 4 is 11.6 Å². The van der Waals surface area contributed by atoms with Crippen LogP contribution in [0.25, 0.3) is 0 Å². The monoisotopic (exact) mass is 201 g/mol. The summed E-state index contributed by atoms with van der Waals surface area (Å²) in [5.74, 6) is 0.131. The number of hydrogen-bond donors (Lipinski definition) is 1. The molecule has 0 unspecified atom stereocenters. The minimum absolute atomic E-state index is 0.217. The lowest BCUT2D eigenvalue weighted by Gasteiger charge is -2.09. The Bertz CT molecular complexity index is 407. The van der Waals surface area contributed by atoms with E-state index in [1.54, 1.807) is 6.08 Å². The molecule has 0 aromatic heterocycles. The molecule has 0 spiro atoms. The number of rotatable bonds is 2. The Morgan fingerprint density at radius 1 is 1.27 bits per heavy atom. The van der Waals surface area contributed by atoms with Gasteiger partial charge < -0.3 is 10.1 Å². The van der Waals surface area contributed by atoms with E-state index in [1.807, 2.05) is 36.4 Å². The van der Waals surface area contributed by atoms with Crippen LogP contribution in [0.15, 0.2) is 54.5 Å². The van der Waals surface area contributed by atoms with Gasteiger partial charge in [-0.25, -0.2) is 0 Å². The zero-order chi connectivity index (χ0) is 10.5. The van der Waals surface area contributed by atoms with E-state index in [0.29, 0.717) is 5.76 Å². The number of benzene rings is 1. The summed E-state index contributed by atoms with van der Waals surface area (Å²) in [6.07, 6.45) is 5.86. The molecule has 0 aliphatic carbocycles. The maximum Gasteiger partial charge on any atom is 0.291 e. The fourth-order valence-corrected chi connectivity index (χ4v) is 1.26. The lowest BCUT2D eigenvalue weighted by atomic mass is 10.3. The average molecular weight is 201 g/mol. The van der Waals surface area contributed by atoms with Gasteiger partial charge in [0.05, 0.1) is 6.26 Å². The Balaban J connectivity index is 2.01. The Hall–Kier alpha value is -2.03. The molecule has 15 heavy (non-hydrogen) atoms. The predicted octanol–water partition coefficient (Wildman–Crippen LogP) is 2.44. The highest BCUT2D eigenvalue weighted by atomic mass is 16.5. The van der Waals surface area contributed by atoms with E-state index in [1.165, 1.54) is 6.26 Å². The zero-order valence-corrected chi connectivity index (χ0v) is 8.14. The summed E-state index contributed by atoms with van der Waals surface area (Å²) in [7, 11) is 0. The van der Waals surface area contributed by atoms with Crippen LogP contribution in [-0.4, -0.2) is 5.91 Å². The quantitative estimate of drug-likeness (QED) is 0.798. The van der Waals surface area contributed by atoms with E-state index in [0.717, 1.165) is 12.1 Å². The number of ether oxygens (including phenoxy) is 1. The molecule has 0 saturated carbocycles. The SMILES string of the molecule is O=C(Nc1ccccc1)C1=CCC=CO1. The summed E-state index contributed by atoms with van der Waals surface area (Å²) in [6, 6.07) is 9.29. The van der Waals surface area contributed by atoms with Crippen LogP contribution in [0.4, 0.5) is 5.69 Å². The molecule has 0 atom stereocenters. The van der Waals surface area contributed by atoms with Crippen LogP contribution in [0.5, 0.6) is 0 Å². The van der Waals surface area contributed by atoms with Gasteiger partial charge >= 0.3 is 0 Å². The molecule has 0 fully saturated rings. The molecule has 76 valence electrons. The molecule has 3 heteroatoms. The fourth-order valence-electron chi connectivity index (χ4n) is 1.26. The van der Waals surface area contributed by atoms with Gasteiger partial charge in [0, 0.05) is 5.69 Å². The summed E-state index contributed by atoms with van der Waals surface area (Å²) in [5.41, 5.74) is 0.765. The topological polar surface area (TPSA) is 38.3 Å². The van der Waals surface area contributed by atoms with Crippen molar-refractivity contribution < 1.29 is 9.53 Å². The zero-order valence-electron chi connectivity index (χ0n) is 8.14. The van der Waals surface area contributed by atoms with E-state index < -0.39 is 0 Å². The van der Waals surface area contributed by atoms with Crippen LogP contribution < -0.4 is 5.32 Å². The number of para-hydroxylation sites is 1. The maximum atomic E-state index is 11.6. The van der Waals surface area contributed by atoms with E-state index in [9.17, 15) is 4.79 Å². The molecule has 1 heterocycles. The minimum Gasteiger partial charge on any atom is -0.460 e. The van der Waals surface area contributed by atoms with Gasteiger partial charge in [-0.1, -0.05) is 18.2 Å². The van der Waals surface area contributed by atoms with Crippen molar-refractivity contribution in [1.82, 2.24) is 0 Å². The van der Waals surface area contributed by atoms with Crippen molar-refractivity contribution in [3.8, 4) is 0 Å². The largest absolute Gasteiger partial charge is 0.460 e. The van der Waals surface area contributed by atoms with Crippen molar-refractivity contribution in [2.75, 3.05) is 5.32 Å². The Morgan fingerprint density at radius 2 is 2.07 bits per heavy atom. The third kappa shape index (κ3) is 2.47. The Morgan fingerprint density at radius 3 is 2.73 bits per heavy atom. The van der Waals surface area contributed by atoms with Crippen LogP contribution in [0.3, 0.4) is 0 Å². The number of carbonyl (C=O) groups excluding carboxylic acids is 1. The minimum atomic E-state index is -0.217. The van der Waals surface area contributed by atoms with Gasteiger partial charge in [0.2, 0.25) is 0 Å². The molecule has 3 nitrogen and oxygen atoms in total. The first-order valence-electron chi connectivity index (χ1n) is 4.74. The van der Waals surface area contributed by atoms with Crippen molar-refractivity contribution in [3.05, 3.63) is 54.5 Å². The van der Waals surface area contributed by atoms with Crippen LogP contribution in [0, 0.1) is 0 Å². The number of allylic oxidation sites excluding steroid dienone is 2. The summed E-state index contributed by atoms with van der Waals surface area (Å²) >= 11 is 0. The predicted molar refractivity (Wildman–Crippen MR) is 58.0 cm³/mol. The standard InChI is InChI=1S/C12H11NO2/c14-12(11-8-4-5-9-15-11)13-10-6-2-1-3-7-10/h1-3,5-9H,4H2,(H,13,14). The van der Waals surface area contributed by atoms with Gasteiger partial charge in [-0.15, -0.1) is 0 Å². The van der Waals surface area contributed by atoms with Crippen LogP contribution in [0.1, 0.15) is 6.42 Å². The number of amides is 1. The number of nitrogens with one attached hydrogen (secondary N) is 1. The van der Waals surface area contributed by atoms with Gasteiger partial charge in [0.25, 0.3) is 5.91 Å². The summed E-state index contributed by atoms with van der Waals surface area (Å²) in [5, 5.41) is 2.75. The van der Waals surface area contributed by atoms with Gasteiger partial charge in [-0.3, -0.25) is 4.79 Å². The fraction of sp³-hybridized carbons (Fsp3) is 0.0833. The smallest absolute Gasteiger partial charge is 0.291 e. The first-order valence-corrected chi connectivity index (χ1v) is 4.74. The molecule has 1 N–H and O–H groups in total. The molecule has 1 aromatic rings. The maximum absolute atomic E-state index is 11.6.